The molecule has 1 fully saturated rings. The van der Waals surface area contributed by atoms with Gasteiger partial charge in [0.25, 0.3) is 0 Å². The van der Waals surface area contributed by atoms with Crippen LogP contribution in [-0.2, 0) is 4.79 Å². The third-order valence-electron chi connectivity index (χ3n) is 2.83. The molecule has 1 heterocycles. The zero-order valence-corrected chi connectivity index (χ0v) is 10.8. The quantitative estimate of drug-likeness (QED) is 0.694. The van der Waals surface area contributed by atoms with Crippen LogP contribution in [0.2, 0.25) is 0 Å². The number of rotatable bonds is 6. The van der Waals surface area contributed by atoms with E-state index in [9.17, 15) is 4.79 Å². The van der Waals surface area contributed by atoms with Crippen molar-refractivity contribution in [1.82, 2.24) is 9.80 Å². The molecule has 1 aliphatic rings. The van der Waals surface area contributed by atoms with Crippen molar-refractivity contribution in [3.8, 4) is 0 Å². The molecular weight excluding hydrogens is 222 g/mol. The van der Waals surface area contributed by atoms with Crippen LogP contribution in [-0.4, -0.2) is 53.9 Å². The Balaban J connectivity index is 2.14. The third-order valence-corrected chi connectivity index (χ3v) is 3.03. The maximum atomic E-state index is 11.8. The molecule has 0 spiro atoms. The summed E-state index contributed by atoms with van der Waals surface area (Å²) in [5.74, 6) is 0.246. The average molecular weight is 243 g/mol. The van der Waals surface area contributed by atoms with Crippen molar-refractivity contribution in [2.45, 2.75) is 25.7 Å². The molecule has 0 saturated carbocycles. The van der Waals surface area contributed by atoms with Crippen molar-refractivity contribution in [1.29, 1.82) is 0 Å². The molecule has 1 saturated heterocycles. The van der Waals surface area contributed by atoms with Gasteiger partial charge in [-0.15, -0.1) is 0 Å². The van der Waals surface area contributed by atoms with E-state index in [4.69, 9.17) is 18.0 Å². The molecular formula is C11H21N3OS. The fourth-order valence-electron chi connectivity index (χ4n) is 1.90. The van der Waals surface area contributed by atoms with Crippen molar-refractivity contribution in [3.63, 3.8) is 0 Å². The molecule has 5 heteroatoms. The van der Waals surface area contributed by atoms with Crippen molar-refractivity contribution in [2.75, 3.05) is 33.2 Å². The number of carbonyl (C=O) groups excluding carboxylic acids is 1. The maximum Gasteiger partial charge on any atom is 0.236 e. The van der Waals surface area contributed by atoms with E-state index >= 15 is 0 Å². The topological polar surface area (TPSA) is 49.6 Å². The van der Waals surface area contributed by atoms with Gasteiger partial charge in [-0.2, -0.15) is 0 Å². The summed E-state index contributed by atoms with van der Waals surface area (Å²) in [5, 5.41) is 0. The van der Waals surface area contributed by atoms with Crippen LogP contribution in [0.5, 0.6) is 0 Å². The number of likely N-dealkylation sites (N-methyl/N-ethyl adjacent to an activating group) is 1. The summed E-state index contributed by atoms with van der Waals surface area (Å²) < 4.78 is 0. The Labute approximate surface area is 103 Å². The molecule has 0 aromatic carbocycles. The minimum absolute atomic E-state index is 0.246. The number of carbonyl (C=O) groups is 1. The Morgan fingerprint density at radius 3 is 2.62 bits per heavy atom. The Bertz CT molecular complexity index is 252. The van der Waals surface area contributed by atoms with Gasteiger partial charge in [0.1, 0.15) is 0 Å². The Hall–Kier alpha value is -0.680. The number of hydrogen-bond acceptors (Lipinski definition) is 3. The number of thiocarbonyl (C=S) groups is 1. The average Bonchev–Trinajstić information content (AvgIpc) is 2.69. The molecule has 0 aromatic heterocycles. The van der Waals surface area contributed by atoms with E-state index in [1.807, 2.05) is 16.8 Å². The molecule has 92 valence electrons. The first-order chi connectivity index (χ1) is 7.59. The highest BCUT2D eigenvalue weighted by atomic mass is 32.1. The lowest BCUT2D eigenvalue weighted by atomic mass is 10.3. The zero-order valence-electron chi connectivity index (χ0n) is 9.95. The van der Waals surface area contributed by atoms with Gasteiger partial charge in [-0.05, 0) is 39.3 Å². The number of nitrogens with two attached hydrogens (primary N) is 1. The summed E-state index contributed by atoms with van der Waals surface area (Å²) in [6, 6.07) is 0. The zero-order chi connectivity index (χ0) is 12.0. The minimum atomic E-state index is 0.246. The smallest absolute Gasteiger partial charge is 0.236 e. The largest absolute Gasteiger partial charge is 0.393 e. The van der Waals surface area contributed by atoms with Crippen LogP contribution in [0.1, 0.15) is 25.7 Å². The molecule has 0 atom stereocenters. The van der Waals surface area contributed by atoms with Gasteiger partial charge in [0.05, 0.1) is 11.5 Å². The van der Waals surface area contributed by atoms with Gasteiger partial charge in [-0.25, -0.2) is 0 Å². The van der Waals surface area contributed by atoms with Gasteiger partial charge in [-0.3, -0.25) is 9.69 Å². The summed E-state index contributed by atoms with van der Waals surface area (Å²) in [7, 11) is 1.97. The summed E-state index contributed by atoms with van der Waals surface area (Å²) in [5.41, 5.74) is 5.42. The van der Waals surface area contributed by atoms with E-state index in [-0.39, 0.29) is 5.91 Å². The van der Waals surface area contributed by atoms with Crippen LogP contribution >= 0.6 is 12.2 Å². The van der Waals surface area contributed by atoms with Gasteiger partial charge < -0.3 is 10.6 Å². The second kappa shape index (κ2) is 6.81. The standard InChI is InChI=1S/C11H21N3OS/c1-13(6-4-5-10(12)16)9-11(15)14-7-2-3-8-14/h2-9H2,1H3,(H2,12,16). The van der Waals surface area contributed by atoms with Crippen LogP contribution in [0, 0.1) is 0 Å². The highest BCUT2D eigenvalue weighted by Gasteiger charge is 2.18. The van der Waals surface area contributed by atoms with Crippen molar-refractivity contribution in [2.24, 2.45) is 5.73 Å². The molecule has 0 radical (unpaired) electrons. The highest BCUT2D eigenvalue weighted by Crippen LogP contribution is 2.07. The van der Waals surface area contributed by atoms with E-state index in [1.54, 1.807) is 0 Å². The van der Waals surface area contributed by atoms with E-state index in [1.165, 1.54) is 0 Å². The van der Waals surface area contributed by atoms with Crippen molar-refractivity contribution in [3.05, 3.63) is 0 Å². The summed E-state index contributed by atoms with van der Waals surface area (Å²) in [4.78, 5) is 16.3. The molecule has 16 heavy (non-hydrogen) atoms. The fourth-order valence-corrected chi connectivity index (χ4v) is 2.04. The van der Waals surface area contributed by atoms with Crippen LogP contribution in [0.15, 0.2) is 0 Å². The van der Waals surface area contributed by atoms with Crippen LogP contribution in [0.4, 0.5) is 0 Å². The lowest BCUT2D eigenvalue weighted by molar-refractivity contribution is -0.131. The number of likely N-dealkylation sites (tertiary alicyclic amines) is 1. The normalized spacial score (nSPS) is 15.8. The fraction of sp³-hybridized carbons (Fsp3) is 0.818. The summed E-state index contributed by atoms with van der Waals surface area (Å²) in [6.45, 7) is 3.24. The number of hydrogen-bond donors (Lipinski definition) is 1. The van der Waals surface area contributed by atoms with Gasteiger partial charge in [0, 0.05) is 13.1 Å². The first-order valence-electron chi connectivity index (χ1n) is 5.84. The van der Waals surface area contributed by atoms with Gasteiger partial charge in [0.15, 0.2) is 0 Å². The van der Waals surface area contributed by atoms with E-state index in [0.717, 1.165) is 45.3 Å². The Kier molecular flexibility index (Phi) is 5.69. The highest BCUT2D eigenvalue weighted by molar-refractivity contribution is 7.80. The van der Waals surface area contributed by atoms with E-state index in [2.05, 4.69) is 0 Å². The van der Waals surface area contributed by atoms with Crippen molar-refractivity contribution < 1.29 is 4.79 Å². The molecule has 4 nitrogen and oxygen atoms in total. The second-order valence-corrected chi connectivity index (χ2v) is 4.92. The maximum absolute atomic E-state index is 11.8. The Morgan fingerprint density at radius 2 is 2.06 bits per heavy atom. The van der Waals surface area contributed by atoms with Gasteiger partial charge >= 0.3 is 0 Å². The molecule has 0 unspecified atom stereocenters. The van der Waals surface area contributed by atoms with E-state index < -0.39 is 0 Å². The van der Waals surface area contributed by atoms with Crippen LogP contribution in [0.25, 0.3) is 0 Å². The molecule has 2 N–H and O–H groups in total. The Morgan fingerprint density at radius 1 is 1.44 bits per heavy atom. The number of nitrogens with zero attached hydrogens (tertiary/aromatic N) is 2. The predicted molar refractivity (Wildman–Crippen MR) is 69.3 cm³/mol. The summed E-state index contributed by atoms with van der Waals surface area (Å²) >= 11 is 4.81. The lowest BCUT2D eigenvalue weighted by Gasteiger charge is -2.20. The molecule has 0 aliphatic carbocycles. The molecule has 1 rings (SSSR count). The minimum Gasteiger partial charge on any atom is -0.393 e. The molecule has 1 aliphatic heterocycles. The monoisotopic (exact) mass is 243 g/mol. The van der Waals surface area contributed by atoms with Gasteiger partial charge in [0.2, 0.25) is 5.91 Å². The molecule has 0 bridgehead atoms. The second-order valence-electron chi connectivity index (χ2n) is 4.40. The molecule has 1 amide bonds. The van der Waals surface area contributed by atoms with Crippen LogP contribution < -0.4 is 5.73 Å². The van der Waals surface area contributed by atoms with Crippen LogP contribution in [0.3, 0.4) is 0 Å². The van der Waals surface area contributed by atoms with E-state index in [0.29, 0.717) is 11.5 Å². The number of amides is 1. The molecule has 0 aromatic rings. The third kappa shape index (κ3) is 4.90. The summed E-state index contributed by atoms with van der Waals surface area (Å²) in [6.07, 6.45) is 3.99. The predicted octanol–water partition coefficient (Wildman–Crippen LogP) is 0.607. The van der Waals surface area contributed by atoms with Crippen molar-refractivity contribution >= 4 is 23.1 Å². The first-order valence-corrected chi connectivity index (χ1v) is 6.25. The SMILES string of the molecule is CN(CCCC(N)=S)CC(=O)N1CCCC1. The lowest BCUT2D eigenvalue weighted by Crippen LogP contribution is -2.37. The first kappa shape index (κ1) is 13.4. The van der Waals surface area contributed by atoms with Gasteiger partial charge in [-0.1, -0.05) is 12.2 Å².